The minimum absolute atomic E-state index is 0.627. The summed E-state index contributed by atoms with van der Waals surface area (Å²) in [6.07, 6.45) is 0.953. The van der Waals surface area contributed by atoms with Crippen LogP contribution in [-0.4, -0.2) is 25.2 Å². The zero-order chi connectivity index (χ0) is 14.4. The number of nitrogens with one attached hydrogen (secondary N) is 1. The number of aromatic nitrogens is 1. The molecule has 1 heterocycles. The van der Waals surface area contributed by atoms with Crippen molar-refractivity contribution in [3.8, 4) is 11.3 Å². The standard InChI is InChI=1S/C16H22N2OS/c1-12(2)10-17-16-18-15(11-20-16)14-6-4-13(5-7-14)8-9-19-3/h4-7,11-12H,8-10H2,1-3H3,(H,17,18). The molecule has 0 aliphatic heterocycles. The fraction of sp³-hybridized carbons (Fsp3) is 0.438. The molecule has 0 saturated heterocycles. The predicted octanol–water partition coefficient (Wildman–Crippen LogP) is 4.07. The fourth-order valence-corrected chi connectivity index (χ4v) is 2.57. The summed E-state index contributed by atoms with van der Waals surface area (Å²) in [5, 5.41) is 6.47. The van der Waals surface area contributed by atoms with E-state index in [2.05, 4.69) is 53.8 Å². The van der Waals surface area contributed by atoms with Gasteiger partial charge in [-0.3, -0.25) is 0 Å². The summed E-state index contributed by atoms with van der Waals surface area (Å²) in [5.74, 6) is 0.627. The van der Waals surface area contributed by atoms with E-state index in [0.717, 1.165) is 30.4 Å². The van der Waals surface area contributed by atoms with Gasteiger partial charge in [-0.2, -0.15) is 0 Å². The van der Waals surface area contributed by atoms with Gasteiger partial charge in [0.15, 0.2) is 5.13 Å². The van der Waals surface area contributed by atoms with Crippen molar-refractivity contribution in [2.45, 2.75) is 20.3 Å². The molecule has 0 radical (unpaired) electrons. The van der Waals surface area contributed by atoms with Gasteiger partial charge in [-0.1, -0.05) is 38.1 Å². The van der Waals surface area contributed by atoms with Crippen LogP contribution in [0.5, 0.6) is 0 Å². The number of benzene rings is 1. The van der Waals surface area contributed by atoms with Gasteiger partial charge in [-0.25, -0.2) is 4.98 Å². The summed E-state index contributed by atoms with van der Waals surface area (Å²) < 4.78 is 5.09. The molecule has 108 valence electrons. The van der Waals surface area contributed by atoms with E-state index in [1.807, 2.05) is 0 Å². The van der Waals surface area contributed by atoms with E-state index in [-0.39, 0.29) is 0 Å². The molecule has 0 atom stereocenters. The van der Waals surface area contributed by atoms with Crippen molar-refractivity contribution < 1.29 is 4.74 Å². The third-order valence-electron chi connectivity index (χ3n) is 3.01. The molecule has 2 aromatic rings. The van der Waals surface area contributed by atoms with E-state index in [0.29, 0.717) is 5.92 Å². The van der Waals surface area contributed by atoms with Crippen molar-refractivity contribution in [2.24, 2.45) is 5.92 Å². The summed E-state index contributed by atoms with van der Waals surface area (Å²) in [6, 6.07) is 8.56. The molecule has 1 aromatic carbocycles. The second-order valence-electron chi connectivity index (χ2n) is 5.25. The lowest BCUT2D eigenvalue weighted by Crippen LogP contribution is -2.07. The van der Waals surface area contributed by atoms with Crippen LogP contribution in [0.1, 0.15) is 19.4 Å². The normalized spacial score (nSPS) is 11.0. The first-order valence-electron chi connectivity index (χ1n) is 6.96. The highest BCUT2D eigenvalue weighted by Crippen LogP contribution is 2.25. The molecule has 0 saturated carbocycles. The Kier molecular flexibility index (Phi) is 5.56. The Labute approximate surface area is 125 Å². The molecule has 2 rings (SSSR count). The van der Waals surface area contributed by atoms with Crippen LogP contribution in [0.3, 0.4) is 0 Å². The van der Waals surface area contributed by atoms with Gasteiger partial charge in [0.2, 0.25) is 0 Å². The molecule has 0 aliphatic rings. The zero-order valence-electron chi connectivity index (χ0n) is 12.3. The van der Waals surface area contributed by atoms with E-state index in [9.17, 15) is 0 Å². The molecule has 4 heteroatoms. The molecule has 3 nitrogen and oxygen atoms in total. The maximum Gasteiger partial charge on any atom is 0.183 e. The monoisotopic (exact) mass is 290 g/mol. The number of anilines is 1. The first-order chi connectivity index (χ1) is 9.69. The Hall–Kier alpha value is -1.39. The lowest BCUT2D eigenvalue weighted by molar-refractivity contribution is 0.202. The Balaban J connectivity index is 2.00. The molecule has 1 aromatic heterocycles. The van der Waals surface area contributed by atoms with Gasteiger partial charge in [0, 0.05) is 24.6 Å². The quantitative estimate of drug-likeness (QED) is 0.834. The van der Waals surface area contributed by atoms with Gasteiger partial charge in [0.05, 0.1) is 12.3 Å². The van der Waals surface area contributed by atoms with Gasteiger partial charge in [-0.15, -0.1) is 11.3 Å². The Morgan fingerprint density at radius 2 is 2.00 bits per heavy atom. The van der Waals surface area contributed by atoms with E-state index in [1.54, 1.807) is 18.4 Å². The summed E-state index contributed by atoms with van der Waals surface area (Å²) in [4.78, 5) is 4.63. The van der Waals surface area contributed by atoms with Crippen molar-refractivity contribution in [2.75, 3.05) is 25.6 Å². The van der Waals surface area contributed by atoms with E-state index in [1.165, 1.54) is 11.1 Å². The van der Waals surface area contributed by atoms with Crippen molar-refractivity contribution in [1.82, 2.24) is 4.98 Å². The molecular formula is C16H22N2OS. The number of hydrogen-bond donors (Lipinski definition) is 1. The maximum atomic E-state index is 5.09. The summed E-state index contributed by atoms with van der Waals surface area (Å²) in [5.41, 5.74) is 3.50. The highest BCUT2D eigenvalue weighted by atomic mass is 32.1. The van der Waals surface area contributed by atoms with Crippen LogP contribution in [0.15, 0.2) is 29.6 Å². The average Bonchev–Trinajstić information content (AvgIpc) is 2.92. The lowest BCUT2D eigenvalue weighted by Gasteiger charge is -2.04. The SMILES string of the molecule is COCCc1ccc(-c2csc(NCC(C)C)n2)cc1. The second kappa shape index (κ2) is 7.41. The average molecular weight is 290 g/mol. The summed E-state index contributed by atoms with van der Waals surface area (Å²) in [6.45, 7) is 6.11. The first kappa shape index (κ1) is 15.0. The van der Waals surface area contributed by atoms with Crippen LogP contribution in [0.25, 0.3) is 11.3 Å². The Bertz CT molecular complexity index is 520. The van der Waals surface area contributed by atoms with Gasteiger partial charge >= 0.3 is 0 Å². The van der Waals surface area contributed by atoms with Crippen LogP contribution in [0, 0.1) is 5.92 Å². The number of methoxy groups -OCH3 is 1. The van der Waals surface area contributed by atoms with Crippen LogP contribution >= 0.6 is 11.3 Å². The number of rotatable bonds is 7. The molecule has 0 aliphatic carbocycles. The van der Waals surface area contributed by atoms with Crippen molar-refractivity contribution >= 4 is 16.5 Å². The highest BCUT2D eigenvalue weighted by Gasteiger charge is 2.05. The van der Waals surface area contributed by atoms with Crippen LogP contribution in [0.2, 0.25) is 0 Å². The number of thiazole rings is 1. The predicted molar refractivity (Wildman–Crippen MR) is 86.5 cm³/mol. The molecule has 0 bridgehead atoms. The Morgan fingerprint density at radius 3 is 2.65 bits per heavy atom. The minimum Gasteiger partial charge on any atom is -0.384 e. The smallest absolute Gasteiger partial charge is 0.183 e. The Morgan fingerprint density at radius 1 is 1.25 bits per heavy atom. The van der Waals surface area contributed by atoms with E-state index in [4.69, 9.17) is 4.74 Å². The first-order valence-corrected chi connectivity index (χ1v) is 7.84. The van der Waals surface area contributed by atoms with Gasteiger partial charge in [-0.05, 0) is 17.9 Å². The lowest BCUT2D eigenvalue weighted by atomic mass is 10.1. The van der Waals surface area contributed by atoms with Crippen LogP contribution in [0.4, 0.5) is 5.13 Å². The molecular weight excluding hydrogens is 268 g/mol. The third kappa shape index (κ3) is 4.32. The van der Waals surface area contributed by atoms with Gasteiger partial charge in [0.1, 0.15) is 0 Å². The maximum absolute atomic E-state index is 5.09. The number of hydrogen-bond acceptors (Lipinski definition) is 4. The number of nitrogens with zero attached hydrogens (tertiary/aromatic N) is 1. The molecule has 1 N–H and O–H groups in total. The van der Waals surface area contributed by atoms with Crippen molar-refractivity contribution in [1.29, 1.82) is 0 Å². The molecule has 0 fully saturated rings. The molecule has 0 spiro atoms. The molecule has 20 heavy (non-hydrogen) atoms. The van der Waals surface area contributed by atoms with Crippen molar-refractivity contribution in [3.63, 3.8) is 0 Å². The van der Waals surface area contributed by atoms with E-state index < -0.39 is 0 Å². The van der Waals surface area contributed by atoms with Gasteiger partial charge in [0.25, 0.3) is 0 Å². The minimum atomic E-state index is 0.627. The van der Waals surface area contributed by atoms with Gasteiger partial charge < -0.3 is 10.1 Å². The molecule has 0 amide bonds. The largest absolute Gasteiger partial charge is 0.384 e. The fourth-order valence-electron chi connectivity index (χ4n) is 1.84. The summed E-state index contributed by atoms with van der Waals surface area (Å²) in [7, 11) is 1.73. The van der Waals surface area contributed by atoms with Crippen molar-refractivity contribution in [3.05, 3.63) is 35.2 Å². The van der Waals surface area contributed by atoms with E-state index >= 15 is 0 Å². The zero-order valence-corrected chi connectivity index (χ0v) is 13.2. The van der Waals surface area contributed by atoms with Crippen LogP contribution < -0.4 is 5.32 Å². The highest BCUT2D eigenvalue weighted by molar-refractivity contribution is 7.14. The summed E-state index contributed by atoms with van der Waals surface area (Å²) >= 11 is 1.66. The topological polar surface area (TPSA) is 34.1 Å². The van der Waals surface area contributed by atoms with Crippen LogP contribution in [-0.2, 0) is 11.2 Å². The molecule has 0 unspecified atom stereocenters. The second-order valence-corrected chi connectivity index (χ2v) is 6.11. The number of ether oxygens (including phenoxy) is 1. The third-order valence-corrected chi connectivity index (χ3v) is 3.81.